The van der Waals surface area contributed by atoms with Crippen molar-refractivity contribution in [2.45, 2.75) is 44.6 Å². The number of hydrogen-bond donors (Lipinski definition) is 0. The Morgan fingerprint density at radius 2 is 1.93 bits per heavy atom. The largest absolute Gasteiger partial charge is 0.423 e. The van der Waals surface area contributed by atoms with Gasteiger partial charge in [0.2, 0.25) is 11.8 Å². The number of amides is 2. The Bertz CT molecular complexity index is 988. The van der Waals surface area contributed by atoms with E-state index >= 15 is 0 Å². The molecule has 0 atom stereocenters. The second-order valence-electron chi connectivity index (χ2n) is 7.74. The standard InChI is InChI=1S/C21H24N2O5/c1-14-3-4-16-15(13-20(26)28-17(16)11-14)12-19(25)22-9-7-21(8-10-22)6-5-18(24)23(21)27-2/h3-4,11,13H,5-10,12H2,1-2H3. The molecule has 2 amide bonds. The molecule has 0 N–H and O–H groups in total. The summed E-state index contributed by atoms with van der Waals surface area (Å²) in [4.78, 5) is 43.9. The molecule has 2 fully saturated rings. The second-order valence-corrected chi connectivity index (χ2v) is 7.74. The van der Waals surface area contributed by atoms with Crippen molar-refractivity contribution in [1.29, 1.82) is 0 Å². The zero-order valence-electron chi connectivity index (χ0n) is 16.2. The molecule has 148 valence electrons. The highest BCUT2D eigenvalue weighted by molar-refractivity contribution is 5.87. The van der Waals surface area contributed by atoms with Gasteiger partial charge in [0, 0.05) is 31.0 Å². The van der Waals surface area contributed by atoms with Gasteiger partial charge in [0.05, 0.1) is 19.1 Å². The predicted octanol–water partition coefficient (Wildman–Crippen LogP) is 2.19. The lowest BCUT2D eigenvalue weighted by Gasteiger charge is -2.43. The quantitative estimate of drug-likeness (QED) is 0.758. The van der Waals surface area contributed by atoms with Crippen LogP contribution < -0.4 is 5.63 Å². The minimum absolute atomic E-state index is 0.0139. The van der Waals surface area contributed by atoms with Crippen molar-refractivity contribution in [3.05, 3.63) is 45.8 Å². The van der Waals surface area contributed by atoms with Crippen LogP contribution in [-0.2, 0) is 20.8 Å². The minimum Gasteiger partial charge on any atom is -0.423 e. The van der Waals surface area contributed by atoms with E-state index < -0.39 is 5.63 Å². The van der Waals surface area contributed by atoms with Crippen LogP contribution in [0.3, 0.4) is 0 Å². The summed E-state index contributed by atoms with van der Waals surface area (Å²) in [5, 5.41) is 2.30. The van der Waals surface area contributed by atoms with Gasteiger partial charge in [-0.1, -0.05) is 12.1 Å². The monoisotopic (exact) mass is 384 g/mol. The molecule has 2 aromatic rings. The van der Waals surface area contributed by atoms with E-state index in [1.807, 2.05) is 30.0 Å². The molecule has 4 rings (SSSR count). The second kappa shape index (κ2) is 7.05. The molecule has 0 saturated carbocycles. The van der Waals surface area contributed by atoms with Gasteiger partial charge in [-0.15, -0.1) is 0 Å². The lowest BCUT2D eigenvalue weighted by atomic mass is 9.85. The maximum Gasteiger partial charge on any atom is 0.336 e. The number of hydrogen-bond acceptors (Lipinski definition) is 5. The average molecular weight is 384 g/mol. The highest BCUT2D eigenvalue weighted by Gasteiger charge is 2.48. The van der Waals surface area contributed by atoms with Crippen molar-refractivity contribution in [3.63, 3.8) is 0 Å². The molecule has 7 nitrogen and oxygen atoms in total. The molecule has 0 unspecified atom stereocenters. The van der Waals surface area contributed by atoms with Gasteiger partial charge >= 0.3 is 5.63 Å². The Kier molecular flexibility index (Phi) is 4.71. The molecule has 28 heavy (non-hydrogen) atoms. The van der Waals surface area contributed by atoms with E-state index in [0.29, 0.717) is 43.5 Å². The molecule has 2 saturated heterocycles. The molecule has 7 heteroatoms. The average Bonchev–Trinajstić information content (AvgIpc) is 2.96. The Balaban J connectivity index is 1.49. The first kappa shape index (κ1) is 18.7. The molecule has 0 bridgehead atoms. The number of rotatable bonds is 3. The number of benzene rings is 1. The first-order valence-electron chi connectivity index (χ1n) is 9.60. The molecule has 2 aliphatic rings. The van der Waals surface area contributed by atoms with Gasteiger partial charge in [0.25, 0.3) is 0 Å². The Hall–Kier alpha value is -2.67. The Morgan fingerprint density at radius 1 is 1.18 bits per heavy atom. The number of carbonyl (C=O) groups is 2. The van der Waals surface area contributed by atoms with Crippen molar-refractivity contribution in [3.8, 4) is 0 Å². The normalized spacial score (nSPS) is 19.0. The first-order valence-corrected chi connectivity index (χ1v) is 9.60. The van der Waals surface area contributed by atoms with Gasteiger partial charge in [-0.05, 0) is 43.4 Å². The summed E-state index contributed by atoms with van der Waals surface area (Å²) in [5.74, 6) is -0.00401. The molecule has 2 aliphatic heterocycles. The third-order valence-corrected chi connectivity index (χ3v) is 6.02. The summed E-state index contributed by atoms with van der Waals surface area (Å²) < 4.78 is 5.28. The summed E-state index contributed by atoms with van der Waals surface area (Å²) in [6.07, 6.45) is 2.83. The molecule has 3 heterocycles. The van der Waals surface area contributed by atoms with Crippen molar-refractivity contribution in [1.82, 2.24) is 9.96 Å². The summed E-state index contributed by atoms with van der Waals surface area (Å²) in [5.41, 5.74) is 1.45. The van der Waals surface area contributed by atoms with Crippen molar-refractivity contribution in [2.24, 2.45) is 0 Å². The number of likely N-dealkylation sites (tertiary alicyclic amines) is 1. The number of piperidine rings is 1. The van der Waals surface area contributed by atoms with Gasteiger partial charge in [-0.3, -0.25) is 14.4 Å². The van der Waals surface area contributed by atoms with E-state index in [0.717, 1.165) is 17.4 Å². The van der Waals surface area contributed by atoms with E-state index in [2.05, 4.69) is 0 Å². The number of carbonyl (C=O) groups excluding carboxylic acids is 2. The maximum atomic E-state index is 12.9. The SMILES string of the molecule is CON1C(=O)CCC12CCN(C(=O)Cc1cc(=O)oc3cc(C)ccc13)CC2. The topological polar surface area (TPSA) is 80.1 Å². The predicted molar refractivity (Wildman–Crippen MR) is 103 cm³/mol. The summed E-state index contributed by atoms with van der Waals surface area (Å²) in [6, 6.07) is 7.05. The van der Waals surface area contributed by atoms with Crippen LogP contribution >= 0.6 is 0 Å². The van der Waals surface area contributed by atoms with Crippen molar-refractivity contribution < 1.29 is 18.8 Å². The number of nitrogens with zero attached hydrogens (tertiary/aromatic N) is 2. The molecule has 0 aliphatic carbocycles. The lowest BCUT2D eigenvalue weighted by Crippen LogP contribution is -2.54. The van der Waals surface area contributed by atoms with Gasteiger partial charge in [0.15, 0.2) is 0 Å². The van der Waals surface area contributed by atoms with Crippen LogP contribution in [0.4, 0.5) is 0 Å². The minimum atomic E-state index is -0.446. The zero-order valence-corrected chi connectivity index (χ0v) is 16.2. The fourth-order valence-electron chi connectivity index (χ4n) is 4.49. The maximum absolute atomic E-state index is 12.9. The number of fused-ring (bicyclic) bond motifs is 1. The highest BCUT2D eigenvalue weighted by atomic mass is 16.7. The van der Waals surface area contributed by atoms with Crippen molar-refractivity contribution in [2.75, 3.05) is 20.2 Å². The van der Waals surface area contributed by atoms with Crippen LogP contribution in [0, 0.1) is 6.92 Å². The van der Waals surface area contributed by atoms with E-state index in [-0.39, 0.29) is 23.8 Å². The molecular weight excluding hydrogens is 360 g/mol. The van der Waals surface area contributed by atoms with E-state index in [1.54, 1.807) is 0 Å². The van der Waals surface area contributed by atoms with E-state index in [4.69, 9.17) is 9.25 Å². The third-order valence-electron chi connectivity index (χ3n) is 6.02. The van der Waals surface area contributed by atoms with Gasteiger partial charge in [0.1, 0.15) is 5.58 Å². The molecule has 1 aromatic heterocycles. The van der Waals surface area contributed by atoms with Crippen LogP contribution in [0.1, 0.15) is 36.8 Å². The Labute approximate surface area is 162 Å². The smallest absolute Gasteiger partial charge is 0.336 e. The van der Waals surface area contributed by atoms with E-state index in [9.17, 15) is 14.4 Å². The molecule has 0 radical (unpaired) electrons. The van der Waals surface area contributed by atoms with Crippen molar-refractivity contribution >= 4 is 22.8 Å². The zero-order chi connectivity index (χ0) is 19.9. The van der Waals surface area contributed by atoms with Gasteiger partial charge < -0.3 is 9.32 Å². The summed E-state index contributed by atoms with van der Waals surface area (Å²) >= 11 is 0. The molecular formula is C21H24N2O5. The van der Waals surface area contributed by atoms with Crippen LogP contribution in [0.25, 0.3) is 11.0 Å². The van der Waals surface area contributed by atoms with Gasteiger partial charge in [-0.25, -0.2) is 9.86 Å². The fraction of sp³-hybridized carbons (Fsp3) is 0.476. The summed E-state index contributed by atoms with van der Waals surface area (Å²) in [7, 11) is 1.52. The van der Waals surface area contributed by atoms with Gasteiger partial charge in [-0.2, -0.15) is 0 Å². The van der Waals surface area contributed by atoms with E-state index in [1.165, 1.54) is 18.2 Å². The highest BCUT2D eigenvalue weighted by Crippen LogP contribution is 2.39. The van der Waals surface area contributed by atoms with Crippen LogP contribution in [0.2, 0.25) is 0 Å². The molecule has 1 aromatic carbocycles. The molecule has 1 spiro atoms. The lowest BCUT2D eigenvalue weighted by molar-refractivity contribution is -0.202. The number of hydroxylamine groups is 2. The van der Waals surface area contributed by atoms with Crippen LogP contribution in [0.5, 0.6) is 0 Å². The first-order chi connectivity index (χ1) is 13.4. The Morgan fingerprint density at radius 3 is 2.64 bits per heavy atom. The summed E-state index contributed by atoms with van der Waals surface area (Å²) in [6.45, 7) is 3.08. The van der Waals surface area contributed by atoms with Crippen LogP contribution in [0.15, 0.2) is 33.5 Å². The van der Waals surface area contributed by atoms with Crippen LogP contribution in [-0.4, -0.2) is 47.5 Å². The number of aryl methyl sites for hydroxylation is 1. The third kappa shape index (κ3) is 3.20. The fourth-order valence-corrected chi connectivity index (χ4v) is 4.49.